The van der Waals surface area contributed by atoms with E-state index in [0.29, 0.717) is 5.88 Å². The van der Waals surface area contributed by atoms with Gasteiger partial charge in [-0.15, -0.1) is 11.6 Å². The lowest BCUT2D eigenvalue weighted by Crippen LogP contribution is -1.95. The number of nitro benzene ring substituents is 2. The van der Waals surface area contributed by atoms with Crippen molar-refractivity contribution in [2.45, 2.75) is 5.88 Å². The lowest BCUT2D eigenvalue weighted by Gasteiger charge is -1.91. The Labute approximate surface area is 119 Å². The molecule has 0 fully saturated rings. The molecule has 2 rings (SSSR count). The number of alkyl halides is 1. The Hall–Kier alpha value is -2.47. The number of halogens is 1. The maximum atomic E-state index is 10.2. The maximum Gasteiger partial charge on any atom is 0.346 e. The molecule has 7 heteroatoms. The topological polar surface area (TPSA) is 86.3 Å². The van der Waals surface area contributed by atoms with Crippen molar-refractivity contribution in [2.24, 2.45) is 0 Å². The van der Waals surface area contributed by atoms with Crippen LogP contribution >= 0.6 is 11.6 Å². The van der Waals surface area contributed by atoms with Gasteiger partial charge < -0.3 is 0 Å². The van der Waals surface area contributed by atoms with Crippen molar-refractivity contribution < 1.29 is 9.85 Å². The molecule has 0 aromatic heterocycles. The zero-order chi connectivity index (χ0) is 15.0. The molecular formula is C13H11ClN2O4. The predicted octanol–water partition coefficient (Wildman–Crippen LogP) is 3.93. The molecule has 6 nitrogen and oxygen atoms in total. The van der Waals surface area contributed by atoms with Crippen LogP contribution in [-0.2, 0) is 5.88 Å². The van der Waals surface area contributed by atoms with Crippen LogP contribution in [0.5, 0.6) is 0 Å². The van der Waals surface area contributed by atoms with Crippen molar-refractivity contribution in [2.75, 3.05) is 0 Å². The van der Waals surface area contributed by atoms with E-state index in [-0.39, 0.29) is 0 Å². The molecule has 0 saturated heterocycles. The summed E-state index contributed by atoms with van der Waals surface area (Å²) in [4.78, 5) is 18.9. The maximum absolute atomic E-state index is 10.2. The minimum absolute atomic E-state index is 0.484. The van der Waals surface area contributed by atoms with Crippen molar-refractivity contribution in [3.8, 4) is 0 Å². The normalized spacial score (nSPS) is 9.25. The van der Waals surface area contributed by atoms with Crippen LogP contribution in [0.25, 0.3) is 0 Å². The zero-order valence-corrected chi connectivity index (χ0v) is 11.1. The van der Waals surface area contributed by atoms with E-state index < -0.39 is 21.2 Å². The van der Waals surface area contributed by atoms with Gasteiger partial charge in [0, 0.05) is 18.0 Å². The standard InChI is InChI=1S/C7H7Cl.C6H4N2O4/c8-6-7-4-2-1-3-5-7;9-7(10)5-3-1-2-4-6(5)8(11)12/h1-5H,6H2;1-4H. The summed E-state index contributed by atoms with van der Waals surface area (Å²) in [7, 11) is 0. The number of benzene rings is 2. The second kappa shape index (κ2) is 7.85. The van der Waals surface area contributed by atoms with Crippen molar-refractivity contribution in [1.29, 1.82) is 0 Å². The number of para-hydroxylation sites is 2. The molecule has 0 bridgehead atoms. The van der Waals surface area contributed by atoms with Crippen LogP contribution in [0.15, 0.2) is 54.6 Å². The highest BCUT2D eigenvalue weighted by molar-refractivity contribution is 6.17. The van der Waals surface area contributed by atoms with Crippen molar-refractivity contribution in [3.05, 3.63) is 80.4 Å². The zero-order valence-electron chi connectivity index (χ0n) is 10.3. The number of nitro groups is 2. The van der Waals surface area contributed by atoms with Gasteiger partial charge in [-0.1, -0.05) is 42.5 Å². The summed E-state index contributed by atoms with van der Waals surface area (Å²) in [6.07, 6.45) is 0. The molecule has 0 amide bonds. The molecule has 0 spiro atoms. The molecule has 0 atom stereocenters. The highest BCUT2D eigenvalue weighted by atomic mass is 35.5. The van der Waals surface area contributed by atoms with Gasteiger partial charge in [-0.05, 0) is 5.56 Å². The average molecular weight is 295 g/mol. The third kappa shape index (κ3) is 4.66. The molecule has 2 aromatic carbocycles. The molecule has 0 aliphatic heterocycles. The van der Waals surface area contributed by atoms with Gasteiger partial charge in [-0.25, -0.2) is 0 Å². The Bertz CT molecular complexity index is 557. The third-order valence-electron chi connectivity index (χ3n) is 2.27. The summed E-state index contributed by atoms with van der Waals surface area (Å²) < 4.78 is 0. The van der Waals surface area contributed by atoms with E-state index in [2.05, 4.69) is 0 Å². The van der Waals surface area contributed by atoms with E-state index in [1.54, 1.807) is 0 Å². The van der Waals surface area contributed by atoms with Gasteiger partial charge >= 0.3 is 11.4 Å². The molecule has 0 aliphatic carbocycles. The lowest BCUT2D eigenvalue weighted by molar-refractivity contribution is -0.422. The summed E-state index contributed by atoms with van der Waals surface area (Å²) in [5, 5.41) is 20.5. The van der Waals surface area contributed by atoms with Crippen LogP contribution in [0.2, 0.25) is 0 Å². The third-order valence-corrected chi connectivity index (χ3v) is 2.58. The van der Waals surface area contributed by atoms with E-state index >= 15 is 0 Å². The van der Waals surface area contributed by atoms with Crippen molar-refractivity contribution in [3.63, 3.8) is 0 Å². The Balaban J connectivity index is 0.000000217. The fraction of sp³-hybridized carbons (Fsp3) is 0.0769. The van der Waals surface area contributed by atoms with Gasteiger partial charge in [0.15, 0.2) is 0 Å². The van der Waals surface area contributed by atoms with Gasteiger partial charge in [-0.3, -0.25) is 20.2 Å². The Morgan fingerprint density at radius 1 is 0.800 bits per heavy atom. The molecule has 0 aliphatic rings. The molecule has 2 aromatic rings. The van der Waals surface area contributed by atoms with Gasteiger partial charge in [0.05, 0.1) is 9.85 Å². The SMILES string of the molecule is ClCc1ccccc1.O=[N+]([O-])c1ccccc1[N+](=O)[O-]. The summed E-state index contributed by atoms with van der Waals surface area (Å²) in [6.45, 7) is 0. The van der Waals surface area contributed by atoms with E-state index in [1.165, 1.54) is 17.7 Å². The Morgan fingerprint density at radius 2 is 1.20 bits per heavy atom. The lowest BCUT2D eigenvalue weighted by atomic mass is 10.2. The van der Waals surface area contributed by atoms with Gasteiger partial charge in [0.25, 0.3) is 0 Å². The van der Waals surface area contributed by atoms with E-state index in [0.717, 1.165) is 12.1 Å². The van der Waals surface area contributed by atoms with Gasteiger partial charge in [0.2, 0.25) is 0 Å². The average Bonchev–Trinajstić information content (AvgIpc) is 2.48. The fourth-order valence-electron chi connectivity index (χ4n) is 1.34. The second-order valence-electron chi connectivity index (χ2n) is 3.62. The molecule has 0 heterocycles. The van der Waals surface area contributed by atoms with Crippen LogP contribution in [0.4, 0.5) is 11.4 Å². The first-order chi connectivity index (χ1) is 9.56. The van der Waals surface area contributed by atoms with E-state index in [4.69, 9.17) is 11.6 Å². The molecule has 0 N–H and O–H groups in total. The van der Waals surface area contributed by atoms with Crippen molar-refractivity contribution in [1.82, 2.24) is 0 Å². The largest absolute Gasteiger partial charge is 0.346 e. The quantitative estimate of drug-likeness (QED) is 0.487. The monoisotopic (exact) mass is 294 g/mol. The van der Waals surface area contributed by atoms with Crippen LogP contribution in [0.1, 0.15) is 5.56 Å². The molecule has 20 heavy (non-hydrogen) atoms. The summed E-state index contributed by atoms with van der Waals surface area (Å²) >= 11 is 5.53. The van der Waals surface area contributed by atoms with E-state index in [1.807, 2.05) is 30.3 Å². The number of hydrogen-bond donors (Lipinski definition) is 0. The first kappa shape index (κ1) is 15.6. The smallest absolute Gasteiger partial charge is 0.258 e. The van der Waals surface area contributed by atoms with Crippen LogP contribution in [0, 0.1) is 20.2 Å². The number of nitrogens with zero attached hydrogens (tertiary/aromatic N) is 2. The summed E-state index contributed by atoms with van der Waals surface area (Å²) in [6, 6.07) is 14.9. The highest BCUT2D eigenvalue weighted by Crippen LogP contribution is 2.24. The van der Waals surface area contributed by atoms with Crippen LogP contribution in [0.3, 0.4) is 0 Å². The van der Waals surface area contributed by atoms with Crippen molar-refractivity contribution >= 4 is 23.0 Å². The summed E-state index contributed by atoms with van der Waals surface area (Å²) in [5.41, 5.74) is 0.208. The first-order valence-electron chi connectivity index (χ1n) is 5.54. The molecule has 0 radical (unpaired) electrons. The molecule has 0 saturated carbocycles. The predicted molar refractivity (Wildman–Crippen MR) is 75.7 cm³/mol. The van der Waals surface area contributed by atoms with Crippen LogP contribution in [-0.4, -0.2) is 9.85 Å². The minimum atomic E-state index is -0.780. The number of rotatable bonds is 3. The Kier molecular flexibility index (Phi) is 6.12. The van der Waals surface area contributed by atoms with Gasteiger partial charge in [0.1, 0.15) is 0 Å². The fourth-order valence-corrected chi connectivity index (χ4v) is 1.52. The minimum Gasteiger partial charge on any atom is -0.258 e. The number of hydrogen-bond acceptors (Lipinski definition) is 4. The summed E-state index contributed by atoms with van der Waals surface area (Å²) in [5.74, 6) is 0.612. The molecule has 104 valence electrons. The molecule has 0 unspecified atom stereocenters. The highest BCUT2D eigenvalue weighted by Gasteiger charge is 2.21. The van der Waals surface area contributed by atoms with Crippen LogP contribution < -0.4 is 0 Å². The first-order valence-corrected chi connectivity index (χ1v) is 6.07. The second-order valence-corrected chi connectivity index (χ2v) is 3.89. The molecular weight excluding hydrogens is 284 g/mol. The van der Waals surface area contributed by atoms with E-state index in [9.17, 15) is 20.2 Å². The Morgan fingerprint density at radius 3 is 1.50 bits per heavy atom. The van der Waals surface area contributed by atoms with Gasteiger partial charge in [-0.2, -0.15) is 0 Å².